The second-order valence-electron chi connectivity index (χ2n) is 4.02. The Balaban J connectivity index is 2.43. The maximum Gasteiger partial charge on any atom is 0.295 e. The Hall–Kier alpha value is 0.0500. The van der Waals surface area contributed by atoms with E-state index in [2.05, 4.69) is 6.92 Å². The van der Waals surface area contributed by atoms with Gasteiger partial charge in [0.25, 0.3) is 7.72 Å². The third-order valence-corrected chi connectivity index (χ3v) is 4.91. The summed E-state index contributed by atoms with van der Waals surface area (Å²) in [4.78, 5) is 19.8. The first-order valence-corrected chi connectivity index (χ1v) is 7.24. The molecule has 0 radical (unpaired) electrons. The molecule has 4 N–H and O–H groups in total. The van der Waals surface area contributed by atoms with E-state index in [0.29, 0.717) is 6.16 Å². The maximum absolute atomic E-state index is 9.90. The highest BCUT2D eigenvalue weighted by Gasteiger charge is 2.40. The van der Waals surface area contributed by atoms with E-state index < -0.39 is 7.72 Å². The van der Waals surface area contributed by atoms with Crippen LogP contribution in [0.15, 0.2) is 11.4 Å². The van der Waals surface area contributed by atoms with Crippen LogP contribution in [0, 0.1) is 0 Å². The van der Waals surface area contributed by atoms with E-state index in [0.717, 1.165) is 37.4 Å². The Morgan fingerprint density at radius 1 is 1.50 bits per heavy atom. The van der Waals surface area contributed by atoms with Crippen molar-refractivity contribution in [1.82, 2.24) is 0 Å². The minimum Gasteiger partial charge on any atom is -0.324 e. The van der Waals surface area contributed by atoms with Crippen LogP contribution in [0.3, 0.4) is 0 Å². The molecule has 0 fully saturated rings. The summed E-state index contributed by atoms with van der Waals surface area (Å²) in [7, 11) is -2.78. The molecule has 0 aromatic carbocycles. The number of nitrogens with two attached hydrogens (primary N) is 1. The Morgan fingerprint density at radius 2 is 2.21 bits per heavy atom. The molecule has 0 amide bonds. The molecule has 0 heterocycles. The summed E-state index contributed by atoms with van der Waals surface area (Å²) in [5.41, 5.74) is 5.70. The van der Waals surface area contributed by atoms with Crippen LogP contribution in [0.5, 0.6) is 0 Å². The molecule has 1 rings (SSSR count). The third kappa shape index (κ3) is 3.32. The molecule has 3 nitrogen and oxygen atoms in total. The van der Waals surface area contributed by atoms with Crippen molar-refractivity contribution >= 4 is 7.72 Å². The summed E-state index contributed by atoms with van der Waals surface area (Å²) >= 11 is 0. The minimum absolute atomic E-state index is 0.0369. The van der Waals surface area contributed by atoms with E-state index in [-0.39, 0.29) is 6.04 Å². The first-order chi connectivity index (χ1) is 6.56. The number of rotatable bonds is 5. The number of hydrogen-bond donors (Lipinski definition) is 3. The lowest BCUT2D eigenvalue weighted by Gasteiger charge is -2.12. The normalized spacial score (nSPS) is 22.6. The Kier molecular flexibility index (Phi) is 4.52. The molecule has 82 valence electrons. The van der Waals surface area contributed by atoms with Gasteiger partial charge >= 0.3 is 0 Å². The van der Waals surface area contributed by atoms with Crippen LogP contribution >= 0.6 is 7.72 Å². The van der Waals surface area contributed by atoms with Crippen LogP contribution in [0.1, 0.15) is 39.0 Å². The van der Waals surface area contributed by atoms with Gasteiger partial charge in [-0.3, -0.25) is 0 Å². The van der Waals surface area contributed by atoms with Crippen LogP contribution < -0.4 is 5.73 Å². The van der Waals surface area contributed by atoms with Gasteiger partial charge in [0.1, 0.15) is 11.5 Å². The highest BCUT2D eigenvalue weighted by molar-refractivity contribution is 7.68. The second kappa shape index (κ2) is 5.22. The largest absolute Gasteiger partial charge is 0.324 e. The lowest BCUT2D eigenvalue weighted by molar-refractivity contribution is 0.453. The van der Waals surface area contributed by atoms with Gasteiger partial charge in [0.2, 0.25) is 0 Å². The molecule has 0 saturated carbocycles. The first-order valence-electron chi connectivity index (χ1n) is 5.36. The van der Waals surface area contributed by atoms with Crippen LogP contribution in [-0.4, -0.2) is 22.0 Å². The summed E-state index contributed by atoms with van der Waals surface area (Å²) in [5, 5.41) is 0.820. The van der Waals surface area contributed by atoms with Gasteiger partial charge in [-0.15, -0.1) is 0 Å². The highest BCUT2D eigenvalue weighted by Crippen LogP contribution is 2.61. The molecule has 0 aliphatic heterocycles. The van der Waals surface area contributed by atoms with Crippen molar-refractivity contribution in [2.75, 3.05) is 6.16 Å². The summed E-state index contributed by atoms with van der Waals surface area (Å²) in [6.07, 6.45) is 7.11. The molecule has 0 aromatic rings. The quantitative estimate of drug-likeness (QED) is 0.488. The van der Waals surface area contributed by atoms with Gasteiger partial charge in [-0.2, -0.15) is 0 Å². The van der Waals surface area contributed by atoms with Crippen molar-refractivity contribution in [3.63, 3.8) is 0 Å². The topological polar surface area (TPSA) is 66.5 Å². The average molecular weight is 218 g/mol. The number of hydrogen-bond acceptors (Lipinski definition) is 3. The molecule has 0 saturated heterocycles. The Labute approximate surface area is 86.5 Å². The smallest absolute Gasteiger partial charge is 0.295 e. The minimum atomic E-state index is -2.78. The van der Waals surface area contributed by atoms with E-state index in [4.69, 9.17) is 5.73 Å². The van der Waals surface area contributed by atoms with Crippen LogP contribution in [0.25, 0.3) is 0 Å². The molecule has 14 heavy (non-hydrogen) atoms. The molecule has 0 aromatic heterocycles. The third-order valence-electron chi connectivity index (χ3n) is 2.67. The van der Waals surface area contributed by atoms with Crippen LogP contribution in [0.4, 0.5) is 0 Å². The van der Waals surface area contributed by atoms with Crippen molar-refractivity contribution in [3.8, 4) is 0 Å². The van der Waals surface area contributed by atoms with Gasteiger partial charge < -0.3 is 5.73 Å². The number of allylic oxidation sites excluding steroid dienone is 1. The highest BCUT2D eigenvalue weighted by atomic mass is 31.2. The fourth-order valence-electron chi connectivity index (χ4n) is 1.75. The van der Waals surface area contributed by atoms with Crippen molar-refractivity contribution in [1.29, 1.82) is 0 Å². The molecule has 0 unspecified atom stereocenters. The molecule has 0 bridgehead atoms. The SMILES string of the molecule is CCCCC[P+](O)(O)C1=C[C@@H](N)CC1. The second-order valence-corrected chi connectivity index (χ2v) is 6.50. The predicted octanol–water partition coefficient (Wildman–Crippen LogP) is 2.01. The van der Waals surface area contributed by atoms with Crippen molar-refractivity contribution in [3.05, 3.63) is 11.4 Å². The maximum atomic E-state index is 9.90. The molecule has 0 spiro atoms. The molecule has 1 atom stereocenters. The van der Waals surface area contributed by atoms with Gasteiger partial charge in [-0.05, 0) is 25.3 Å². The van der Waals surface area contributed by atoms with Gasteiger partial charge in [0.15, 0.2) is 0 Å². The standard InChI is InChI=1S/C10H21NO2P/c1-2-3-4-7-14(12,13)10-6-5-9(11)8-10/h8-9,12-13H,2-7,11H2,1H3/q+1/t9-/m0/s1. The summed E-state index contributed by atoms with van der Waals surface area (Å²) < 4.78 is 0. The molecular weight excluding hydrogens is 197 g/mol. The summed E-state index contributed by atoms with van der Waals surface area (Å²) in [6.45, 7) is 2.11. The van der Waals surface area contributed by atoms with Crippen LogP contribution in [-0.2, 0) is 0 Å². The van der Waals surface area contributed by atoms with Crippen molar-refractivity contribution < 1.29 is 9.79 Å². The first kappa shape index (κ1) is 12.1. The van der Waals surface area contributed by atoms with E-state index in [9.17, 15) is 9.79 Å². The van der Waals surface area contributed by atoms with Gasteiger partial charge in [0.05, 0.1) is 0 Å². The van der Waals surface area contributed by atoms with E-state index >= 15 is 0 Å². The van der Waals surface area contributed by atoms with Crippen LogP contribution in [0.2, 0.25) is 0 Å². The zero-order valence-corrected chi connectivity index (χ0v) is 9.71. The molecule has 1 aliphatic carbocycles. The zero-order chi connectivity index (χ0) is 10.6. The lowest BCUT2D eigenvalue weighted by atomic mass is 10.3. The van der Waals surface area contributed by atoms with Gasteiger partial charge in [-0.1, -0.05) is 13.3 Å². The molecular formula is C10H21NO2P+. The van der Waals surface area contributed by atoms with Crippen molar-refractivity contribution in [2.24, 2.45) is 5.73 Å². The van der Waals surface area contributed by atoms with Crippen molar-refractivity contribution in [2.45, 2.75) is 45.1 Å². The van der Waals surface area contributed by atoms with Gasteiger partial charge in [0, 0.05) is 12.5 Å². The number of unbranched alkanes of at least 4 members (excludes halogenated alkanes) is 2. The summed E-state index contributed by atoms with van der Waals surface area (Å²) in [6, 6.07) is 0.0369. The van der Waals surface area contributed by atoms with E-state index in [1.54, 1.807) is 0 Å². The fraction of sp³-hybridized carbons (Fsp3) is 0.800. The Bertz CT molecular complexity index is 216. The van der Waals surface area contributed by atoms with E-state index in [1.807, 2.05) is 6.08 Å². The van der Waals surface area contributed by atoms with Gasteiger partial charge in [-0.25, -0.2) is 9.79 Å². The predicted molar refractivity (Wildman–Crippen MR) is 61.0 cm³/mol. The molecule has 4 heteroatoms. The average Bonchev–Trinajstić information content (AvgIpc) is 2.53. The zero-order valence-electron chi connectivity index (χ0n) is 8.82. The van der Waals surface area contributed by atoms with E-state index in [1.165, 1.54) is 0 Å². The molecule has 1 aliphatic rings. The summed E-state index contributed by atoms with van der Waals surface area (Å²) in [5.74, 6) is 0. The Morgan fingerprint density at radius 3 is 2.71 bits per heavy atom. The lowest BCUT2D eigenvalue weighted by Crippen LogP contribution is -2.11. The fourth-order valence-corrected chi connectivity index (χ4v) is 3.62. The monoisotopic (exact) mass is 218 g/mol.